The SMILES string of the molecule is CC(Nc1nc(Cl)c(C#N)s1)c1ccc(Cl)s1. The minimum atomic E-state index is 0.0845. The van der Waals surface area contributed by atoms with E-state index in [9.17, 15) is 0 Å². The van der Waals surface area contributed by atoms with Crippen LogP contribution in [0.4, 0.5) is 5.13 Å². The maximum absolute atomic E-state index is 8.78. The first kappa shape index (κ1) is 12.7. The van der Waals surface area contributed by atoms with E-state index >= 15 is 0 Å². The van der Waals surface area contributed by atoms with Crippen LogP contribution in [0.3, 0.4) is 0 Å². The summed E-state index contributed by atoms with van der Waals surface area (Å²) < 4.78 is 0.753. The van der Waals surface area contributed by atoms with Gasteiger partial charge in [-0.05, 0) is 19.1 Å². The highest BCUT2D eigenvalue weighted by atomic mass is 35.5. The van der Waals surface area contributed by atoms with Crippen molar-refractivity contribution in [2.45, 2.75) is 13.0 Å². The lowest BCUT2D eigenvalue weighted by atomic mass is 10.3. The first-order valence-electron chi connectivity index (χ1n) is 4.68. The van der Waals surface area contributed by atoms with Crippen molar-refractivity contribution in [3.8, 4) is 6.07 Å². The Hall–Kier alpha value is -0.800. The summed E-state index contributed by atoms with van der Waals surface area (Å²) in [7, 11) is 0. The van der Waals surface area contributed by atoms with Crippen LogP contribution in [0.25, 0.3) is 0 Å². The van der Waals surface area contributed by atoms with E-state index in [1.165, 1.54) is 22.7 Å². The molecule has 0 fully saturated rings. The fourth-order valence-corrected chi connectivity index (χ4v) is 3.35. The Morgan fingerprint density at radius 3 is 2.71 bits per heavy atom. The van der Waals surface area contributed by atoms with Crippen LogP contribution in [0.5, 0.6) is 0 Å². The standard InChI is InChI=1S/C10H7Cl2N3S2/c1-5(6-2-3-8(11)16-6)14-10-15-9(12)7(4-13)17-10/h2-3,5H,1H3,(H,14,15). The molecule has 2 aromatic rings. The van der Waals surface area contributed by atoms with Gasteiger partial charge in [0.05, 0.1) is 10.4 Å². The first-order chi connectivity index (χ1) is 8.10. The van der Waals surface area contributed by atoms with E-state index in [2.05, 4.69) is 10.3 Å². The summed E-state index contributed by atoms with van der Waals surface area (Å²) in [5.41, 5.74) is 0. The molecule has 0 aliphatic carbocycles. The molecule has 1 atom stereocenters. The highest BCUT2D eigenvalue weighted by molar-refractivity contribution is 7.17. The Labute approximate surface area is 117 Å². The Kier molecular flexibility index (Phi) is 3.89. The molecular formula is C10H7Cl2N3S2. The van der Waals surface area contributed by atoms with Crippen molar-refractivity contribution in [3.63, 3.8) is 0 Å². The van der Waals surface area contributed by atoms with Gasteiger partial charge in [0.1, 0.15) is 10.9 Å². The minimum Gasteiger partial charge on any atom is -0.354 e. The van der Waals surface area contributed by atoms with Crippen molar-refractivity contribution < 1.29 is 0 Å². The quantitative estimate of drug-likeness (QED) is 0.904. The molecule has 1 N–H and O–H groups in total. The highest BCUT2D eigenvalue weighted by Gasteiger charge is 2.13. The van der Waals surface area contributed by atoms with Crippen LogP contribution < -0.4 is 5.32 Å². The topological polar surface area (TPSA) is 48.7 Å². The number of nitrogens with zero attached hydrogens (tertiary/aromatic N) is 2. The van der Waals surface area contributed by atoms with Gasteiger partial charge in [0.25, 0.3) is 0 Å². The molecule has 17 heavy (non-hydrogen) atoms. The van der Waals surface area contributed by atoms with Gasteiger partial charge in [-0.3, -0.25) is 0 Å². The molecular weight excluding hydrogens is 297 g/mol. The summed E-state index contributed by atoms with van der Waals surface area (Å²) in [4.78, 5) is 5.61. The molecule has 2 rings (SSSR count). The summed E-state index contributed by atoms with van der Waals surface area (Å²) in [6.45, 7) is 2.00. The van der Waals surface area contributed by atoms with E-state index in [0.29, 0.717) is 10.0 Å². The molecule has 3 nitrogen and oxygen atoms in total. The largest absolute Gasteiger partial charge is 0.354 e. The molecule has 0 saturated heterocycles. The molecule has 0 amide bonds. The van der Waals surface area contributed by atoms with E-state index < -0.39 is 0 Å². The lowest BCUT2D eigenvalue weighted by Crippen LogP contribution is -2.03. The molecule has 2 aromatic heterocycles. The average molecular weight is 304 g/mol. The van der Waals surface area contributed by atoms with Crippen LogP contribution in [0, 0.1) is 11.3 Å². The zero-order valence-electron chi connectivity index (χ0n) is 8.70. The van der Waals surface area contributed by atoms with E-state index in [1.54, 1.807) is 0 Å². The third kappa shape index (κ3) is 2.90. The Morgan fingerprint density at radius 2 is 2.18 bits per heavy atom. The number of nitrogens with one attached hydrogen (secondary N) is 1. The number of halogens is 2. The lowest BCUT2D eigenvalue weighted by Gasteiger charge is -2.09. The van der Waals surface area contributed by atoms with Crippen LogP contribution in [0.2, 0.25) is 9.49 Å². The Morgan fingerprint density at radius 1 is 1.41 bits per heavy atom. The van der Waals surface area contributed by atoms with Crippen LogP contribution in [-0.2, 0) is 0 Å². The number of thiazole rings is 1. The number of rotatable bonds is 3. The monoisotopic (exact) mass is 303 g/mol. The molecule has 0 bridgehead atoms. The zero-order valence-corrected chi connectivity index (χ0v) is 11.8. The van der Waals surface area contributed by atoms with E-state index in [1.807, 2.05) is 25.1 Å². The molecule has 7 heteroatoms. The maximum Gasteiger partial charge on any atom is 0.185 e. The Balaban J connectivity index is 2.13. The number of aromatic nitrogens is 1. The van der Waals surface area contributed by atoms with Crippen molar-refractivity contribution in [2.75, 3.05) is 5.32 Å². The number of thiophene rings is 1. The maximum atomic E-state index is 8.78. The van der Waals surface area contributed by atoms with Crippen LogP contribution in [0.15, 0.2) is 12.1 Å². The Bertz CT molecular complexity index is 570. The second kappa shape index (κ2) is 5.23. The normalized spacial score (nSPS) is 12.1. The molecule has 0 aromatic carbocycles. The molecule has 0 aliphatic rings. The molecule has 1 unspecified atom stereocenters. The van der Waals surface area contributed by atoms with Gasteiger partial charge in [0.15, 0.2) is 10.3 Å². The molecule has 0 spiro atoms. The number of hydrogen-bond donors (Lipinski definition) is 1. The predicted molar refractivity (Wildman–Crippen MR) is 73.2 cm³/mol. The molecule has 0 saturated carbocycles. The van der Waals surface area contributed by atoms with Gasteiger partial charge in [-0.25, -0.2) is 4.98 Å². The van der Waals surface area contributed by atoms with E-state index in [-0.39, 0.29) is 11.2 Å². The van der Waals surface area contributed by atoms with Crippen molar-refractivity contribution in [1.29, 1.82) is 5.26 Å². The van der Waals surface area contributed by atoms with Crippen molar-refractivity contribution in [2.24, 2.45) is 0 Å². The third-order valence-electron chi connectivity index (χ3n) is 2.05. The fraction of sp³-hybridized carbons (Fsp3) is 0.200. The van der Waals surface area contributed by atoms with Gasteiger partial charge < -0.3 is 5.32 Å². The molecule has 0 aliphatic heterocycles. The molecule has 88 valence electrons. The van der Waals surface area contributed by atoms with Crippen LogP contribution in [0.1, 0.15) is 22.7 Å². The number of hydrogen-bond acceptors (Lipinski definition) is 5. The highest BCUT2D eigenvalue weighted by Crippen LogP contribution is 2.32. The second-order valence-electron chi connectivity index (χ2n) is 3.26. The summed E-state index contributed by atoms with van der Waals surface area (Å²) in [5.74, 6) is 0. The first-order valence-corrected chi connectivity index (χ1v) is 7.07. The van der Waals surface area contributed by atoms with E-state index in [4.69, 9.17) is 28.5 Å². The molecule has 0 radical (unpaired) electrons. The van der Waals surface area contributed by atoms with Gasteiger partial charge in [0.2, 0.25) is 0 Å². The van der Waals surface area contributed by atoms with Crippen molar-refractivity contribution in [1.82, 2.24) is 4.98 Å². The average Bonchev–Trinajstić information content (AvgIpc) is 2.85. The number of nitriles is 1. The van der Waals surface area contributed by atoms with Gasteiger partial charge in [-0.1, -0.05) is 34.5 Å². The van der Waals surface area contributed by atoms with E-state index in [0.717, 1.165) is 9.21 Å². The van der Waals surface area contributed by atoms with Gasteiger partial charge >= 0.3 is 0 Å². The lowest BCUT2D eigenvalue weighted by molar-refractivity contribution is 0.904. The van der Waals surface area contributed by atoms with Gasteiger partial charge in [-0.2, -0.15) is 5.26 Å². The molecule has 2 heterocycles. The number of anilines is 1. The van der Waals surface area contributed by atoms with Crippen LogP contribution >= 0.6 is 45.9 Å². The minimum absolute atomic E-state index is 0.0845. The van der Waals surface area contributed by atoms with Gasteiger partial charge in [0, 0.05) is 4.88 Å². The summed E-state index contributed by atoms with van der Waals surface area (Å²) in [6, 6.07) is 5.90. The second-order valence-corrected chi connectivity index (χ2v) is 6.36. The summed E-state index contributed by atoms with van der Waals surface area (Å²) >= 11 is 14.4. The van der Waals surface area contributed by atoms with Crippen LogP contribution in [-0.4, -0.2) is 4.98 Å². The third-order valence-corrected chi connectivity index (χ3v) is 4.74. The summed E-state index contributed by atoms with van der Waals surface area (Å²) in [6.07, 6.45) is 0. The zero-order chi connectivity index (χ0) is 12.4. The predicted octanol–water partition coefficient (Wildman–Crippen LogP) is 4.56. The smallest absolute Gasteiger partial charge is 0.185 e. The summed E-state index contributed by atoms with van der Waals surface area (Å²) in [5, 5.41) is 12.9. The van der Waals surface area contributed by atoms with Gasteiger partial charge in [-0.15, -0.1) is 11.3 Å². The van der Waals surface area contributed by atoms with Crippen molar-refractivity contribution >= 4 is 51.0 Å². The van der Waals surface area contributed by atoms with Crippen molar-refractivity contribution in [3.05, 3.63) is 31.4 Å². The fourth-order valence-electron chi connectivity index (χ4n) is 1.25.